The molecule has 0 bridgehead atoms. The molecule has 0 radical (unpaired) electrons. The van der Waals surface area contributed by atoms with Gasteiger partial charge in [0.05, 0.1) is 18.5 Å². The van der Waals surface area contributed by atoms with Crippen molar-refractivity contribution in [1.82, 2.24) is 14.9 Å². The molecule has 0 fully saturated rings. The summed E-state index contributed by atoms with van der Waals surface area (Å²) in [5.41, 5.74) is 2.94. The van der Waals surface area contributed by atoms with Crippen molar-refractivity contribution < 1.29 is 5.11 Å². The highest BCUT2D eigenvalue weighted by atomic mass is 35.5. The molecular weight excluding hydrogens is 396 g/mol. The first-order valence-corrected chi connectivity index (χ1v) is 10.5. The zero-order chi connectivity index (χ0) is 21.4. The largest absolute Gasteiger partial charge is 0.395 e. The molecule has 3 rings (SSSR count). The fourth-order valence-corrected chi connectivity index (χ4v) is 3.66. The second-order valence-electron chi connectivity index (χ2n) is 8.08. The topological polar surface area (TPSA) is 61.3 Å². The summed E-state index contributed by atoms with van der Waals surface area (Å²) in [5.74, 6) is 0.654. The van der Waals surface area contributed by atoms with E-state index in [0.29, 0.717) is 36.3 Å². The zero-order valence-electron chi connectivity index (χ0n) is 17.6. The molecule has 0 spiro atoms. The van der Waals surface area contributed by atoms with E-state index >= 15 is 0 Å². The summed E-state index contributed by atoms with van der Waals surface area (Å²) >= 11 is 6.46. The van der Waals surface area contributed by atoms with Crippen molar-refractivity contribution >= 4 is 17.4 Å². The summed E-state index contributed by atoms with van der Waals surface area (Å²) in [7, 11) is 0. The third-order valence-electron chi connectivity index (χ3n) is 4.79. The molecule has 0 amide bonds. The Hall–Kier alpha value is -2.47. The van der Waals surface area contributed by atoms with E-state index in [1.54, 1.807) is 6.20 Å². The number of rotatable bonds is 10. The molecule has 1 aromatic heterocycles. The maximum absolute atomic E-state index is 9.43. The van der Waals surface area contributed by atoms with Crippen molar-refractivity contribution in [2.45, 2.75) is 38.9 Å². The Kier molecular flexibility index (Phi) is 7.80. The van der Waals surface area contributed by atoms with Crippen LogP contribution in [0.2, 0.25) is 5.15 Å². The summed E-state index contributed by atoms with van der Waals surface area (Å²) in [6, 6.07) is 20.5. The highest BCUT2D eigenvalue weighted by Crippen LogP contribution is 2.21. The SMILES string of the molecule is CC(C)(Cc1ccccc1)Nc1cnc(CN(CCO)Cc2ccccc2)c(Cl)n1. The number of nitrogens with zero attached hydrogens (tertiary/aromatic N) is 3. The summed E-state index contributed by atoms with van der Waals surface area (Å²) in [6.07, 6.45) is 2.59. The molecule has 158 valence electrons. The third-order valence-corrected chi connectivity index (χ3v) is 5.10. The molecule has 5 nitrogen and oxygen atoms in total. The van der Waals surface area contributed by atoms with Gasteiger partial charge >= 0.3 is 0 Å². The summed E-state index contributed by atoms with van der Waals surface area (Å²) < 4.78 is 0. The third kappa shape index (κ3) is 6.80. The predicted octanol–water partition coefficient (Wildman–Crippen LogP) is 4.56. The second kappa shape index (κ2) is 10.5. The molecular formula is C24H29ClN4O. The standard InChI is InChI=1S/C24H29ClN4O/c1-24(2,15-19-9-5-3-6-10-19)28-22-16-26-21(23(25)27-22)18-29(13-14-30)17-20-11-7-4-8-12-20/h3-12,16,30H,13-15,17-18H2,1-2H3,(H,27,28). The Labute approximate surface area is 183 Å². The van der Waals surface area contributed by atoms with Gasteiger partial charge in [-0.25, -0.2) is 4.98 Å². The van der Waals surface area contributed by atoms with Crippen LogP contribution in [0.4, 0.5) is 5.82 Å². The van der Waals surface area contributed by atoms with Crippen molar-refractivity contribution in [3.8, 4) is 0 Å². The minimum Gasteiger partial charge on any atom is -0.395 e. The Bertz CT molecular complexity index is 919. The van der Waals surface area contributed by atoms with E-state index in [0.717, 1.165) is 6.42 Å². The van der Waals surface area contributed by atoms with Crippen LogP contribution in [-0.2, 0) is 19.5 Å². The van der Waals surface area contributed by atoms with Gasteiger partial charge in [0.2, 0.25) is 0 Å². The van der Waals surface area contributed by atoms with Gasteiger partial charge in [0.1, 0.15) is 5.82 Å². The summed E-state index contributed by atoms with van der Waals surface area (Å²) in [6.45, 7) is 6.11. The summed E-state index contributed by atoms with van der Waals surface area (Å²) in [5, 5.41) is 13.3. The lowest BCUT2D eigenvalue weighted by Crippen LogP contribution is -2.34. The van der Waals surface area contributed by atoms with Gasteiger partial charge in [0.15, 0.2) is 5.15 Å². The van der Waals surface area contributed by atoms with Crippen molar-refractivity contribution in [2.24, 2.45) is 0 Å². The maximum Gasteiger partial charge on any atom is 0.154 e. The monoisotopic (exact) mass is 424 g/mol. The fraction of sp³-hybridized carbons (Fsp3) is 0.333. The van der Waals surface area contributed by atoms with Gasteiger partial charge in [-0.2, -0.15) is 0 Å². The van der Waals surface area contributed by atoms with E-state index in [4.69, 9.17) is 11.6 Å². The van der Waals surface area contributed by atoms with E-state index < -0.39 is 0 Å². The molecule has 3 aromatic rings. The number of hydrogen-bond acceptors (Lipinski definition) is 5. The number of benzene rings is 2. The highest BCUT2D eigenvalue weighted by Gasteiger charge is 2.20. The number of aliphatic hydroxyl groups is 1. The quantitative estimate of drug-likeness (QED) is 0.499. The molecule has 0 atom stereocenters. The molecule has 2 aromatic carbocycles. The van der Waals surface area contributed by atoms with Crippen molar-refractivity contribution in [3.63, 3.8) is 0 Å². The smallest absolute Gasteiger partial charge is 0.154 e. The van der Waals surface area contributed by atoms with Crippen molar-refractivity contribution in [1.29, 1.82) is 0 Å². The molecule has 0 saturated carbocycles. The molecule has 30 heavy (non-hydrogen) atoms. The van der Waals surface area contributed by atoms with Gasteiger partial charge < -0.3 is 10.4 Å². The zero-order valence-corrected chi connectivity index (χ0v) is 18.3. The van der Waals surface area contributed by atoms with Crippen LogP contribution in [0.3, 0.4) is 0 Å². The highest BCUT2D eigenvalue weighted by molar-refractivity contribution is 6.30. The van der Waals surface area contributed by atoms with Crippen LogP contribution >= 0.6 is 11.6 Å². The van der Waals surface area contributed by atoms with Gasteiger partial charge in [-0.1, -0.05) is 72.3 Å². The number of halogens is 1. The van der Waals surface area contributed by atoms with Crippen molar-refractivity contribution in [3.05, 3.63) is 88.8 Å². The van der Waals surface area contributed by atoms with E-state index in [1.165, 1.54) is 11.1 Å². The lowest BCUT2D eigenvalue weighted by atomic mass is 9.95. The molecule has 0 aliphatic rings. The van der Waals surface area contributed by atoms with E-state index in [2.05, 4.69) is 58.3 Å². The number of aromatic nitrogens is 2. The number of aliphatic hydroxyl groups excluding tert-OH is 1. The first-order chi connectivity index (χ1) is 14.4. The van der Waals surface area contributed by atoms with E-state index in [1.807, 2.05) is 36.4 Å². The van der Waals surface area contributed by atoms with Crippen LogP contribution in [0.5, 0.6) is 0 Å². The molecule has 2 N–H and O–H groups in total. The molecule has 6 heteroatoms. The van der Waals surface area contributed by atoms with Gasteiger partial charge in [-0.15, -0.1) is 0 Å². The first-order valence-electron chi connectivity index (χ1n) is 10.2. The van der Waals surface area contributed by atoms with E-state index in [-0.39, 0.29) is 12.1 Å². The first kappa shape index (κ1) is 22.2. The minimum atomic E-state index is -0.197. The van der Waals surface area contributed by atoms with Crippen LogP contribution in [-0.4, -0.2) is 38.7 Å². The van der Waals surface area contributed by atoms with Gasteiger partial charge in [-0.3, -0.25) is 9.88 Å². The molecule has 0 aliphatic heterocycles. The molecule has 0 aliphatic carbocycles. The van der Waals surface area contributed by atoms with Gasteiger partial charge in [0.25, 0.3) is 0 Å². The normalized spacial score (nSPS) is 11.6. The summed E-state index contributed by atoms with van der Waals surface area (Å²) in [4.78, 5) is 11.2. The number of nitrogens with one attached hydrogen (secondary N) is 1. The maximum atomic E-state index is 9.43. The van der Waals surface area contributed by atoms with Gasteiger partial charge in [0, 0.05) is 25.2 Å². The van der Waals surface area contributed by atoms with Crippen LogP contribution in [0, 0.1) is 0 Å². The van der Waals surface area contributed by atoms with Gasteiger partial charge in [-0.05, 0) is 31.4 Å². The van der Waals surface area contributed by atoms with Crippen LogP contribution in [0.15, 0.2) is 66.9 Å². The lowest BCUT2D eigenvalue weighted by Gasteiger charge is -2.27. The minimum absolute atomic E-state index is 0.0746. The molecule has 0 saturated heterocycles. The average Bonchev–Trinajstić information content (AvgIpc) is 2.71. The second-order valence-corrected chi connectivity index (χ2v) is 8.44. The lowest BCUT2D eigenvalue weighted by molar-refractivity contribution is 0.183. The average molecular weight is 425 g/mol. The Morgan fingerprint density at radius 3 is 2.20 bits per heavy atom. The Morgan fingerprint density at radius 1 is 0.967 bits per heavy atom. The van der Waals surface area contributed by atoms with E-state index in [9.17, 15) is 5.11 Å². The number of anilines is 1. The fourth-order valence-electron chi connectivity index (χ4n) is 3.46. The Balaban J connectivity index is 1.66. The van der Waals surface area contributed by atoms with Crippen molar-refractivity contribution in [2.75, 3.05) is 18.5 Å². The van der Waals surface area contributed by atoms with Crippen LogP contribution in [0.1, 0.15) is 30.7 Å². The number of hydrogen-bond donors (Lipinski definition) is 2. The predicted molar refractivity (Wildman–Crippen MR) is 123 cm³/mol. The van der Waals surface area contributed by atoms with Crippen LogP contribution in [0.25, 0.3) is 0 Å². The Morgan fingerprint density at radius 2 is 1.60 bits per heavy atom. The van der Waals surface area contributed by atoms with Crippen LogP contribution < -0.4 is 5.32 Å². The molecule has 1 heterocycles. The molecule has 0 unspecified atom stereocenters.